The number of thioether (sulfide) groups is 1. The van der Waals surface area contributed by atoms with E-state index in [1.165, 1.54) is 4.90 Å². The fraction of sp³-hybridized carbons (Fsp3) is 0.250. The molecule has 0 saturated carbocycles. The van der Waals surface area contributed by atoms with Gasteiger partial charge in [-0.15, -0.1) is 11.8 Å². The second-order valence-electron chi connectivity index (χ2n) is 4.59. The highest BCUT2D eigenvalue weighted by molar-refractivity contribution is 7.98. The Morgan fingerprint density at radius 1 is 1.15 bits per heavy atom. The number of benzene rings is 1. The van der Waals surface area contributed by atoms with Crippen molar-refractivity contribution in [2.24, 2.45) is 0 Å². The molecule has 2 aromatic rings. The van der Waals surface area contributed by atoms with Crippen LogP contribution in [0.4, 0.5) is 0 Å². The van der Waals surface area contributed by atoms with Crippen molar-refractivity contribution >= 4 is 17.7 Å². The van der Waals surface area contributed by atoms with Gasteiger partial charge >= 0.3 is 5.97 Å². The standard InChI is InChI=1S/C16H17NO2S/c1-11(2)19-16(18)15-6-4-5-14(17-15)12-7-9-13(20-3)10-8-12/h4-11H,1-3H3. The van der Waals surface area contributed by atoms with E-state index in [0.717, 1.165) is 11.3 Å². The number of esters is 1. The van der Waals surface area contributed by atoms with Gasteiger partial charge in [0.2, 0.25) is 0 Å². The lowest BCUT2D eigenvalue weighted by atomic mass is 10.1. The molecular weight excluding hydrogens is 270 g/mol. The van der Waals surface area contributed by atoms with Crippen LogP contribution in [-0.4, -0.2) is 23.3 Å². The summed E-state index contributed by atoms with van der Waals surface area (Å²) in [4.78, 5) is 17.4. The molecule has 20 heavy (non-hydrogen) atoms. The number of pyridine rings is 1. The van der Waals surface area contributed by atoms with Crippen molar-refractivity contribution in [3.8, 4) is 11.3 Å². The number of ether oxygens (including phenoxy) is 1. The van der Waals surface area contributed by atoms with Gasteiger partial charge in [0.15, 0.2) is 0 Å². The minimum absolute atomic E-state index is 0.145. The predicted octanol–water partition coefficient (Wildman–Crippen LogP) is 4.04. The Hall–Kier alpha value is -1.81. The van der Waals surface area contributed by atoms with Crippen molar-refractivity contribution in [2.45, 2.75) is 24.8 Å². The first-order valence-electron chi connectivity index (χ1n) is 6.42. The highest BCUT2D eigenvalue weighted by atomic mass is 32.2. The topological polar surface area (TPSA) is 39.2 Å². The monoisotopic (exact) mass is 287 g/mol. The van der Waals surface area contributed by atoms with Crippen molar-refractivity contribution in [1.82, 2.24) is 4.98 Å². The smallest absolute Gasteiger partial charge is 0.357 e. The summed E-state index contributed by atoms with van der Waals surface area (Å²) in [5.41, 5.74) is 2.10. The van der Waals surface area contributed by atoms with Crippen molar-refractivity contribution in [1.29, 1.82) is 0 Å². The molecule has 0 spiro atoms. The Morgan fingerprint density at radius 3 is 2.45 bits per heavy atom. The molecule has 4 heteroatoms. The maximum Gasteiger partial charge on any atom is 0.357 e. The van der Waals surface area contributed by atoms with Gasteiger partial charge in [-0.25, -0.2) is 9.78 Å². The Kier molecular flexibility index (Phi) is 4.79. The van der Waals surface area contributed by atoms with E-state index in [4.69, 9.17) is 4.74 Å². The molecule has 0 bridgehead atoms. The van der Waals surface area contributed by atoms with Gasteiger partial charge in [0, 0.05) is 10.5 Å². The molecule has 104 valence electrons. The normalized spacial score (nSPS) is 10.6. The van der Waals surface area contributed by atoms with Gasteiger partial charge in [0.25, 0.3) is 0 Å². The first-order chi connectivity index (χ1) is 9.60. The Balaban J connectivity index is 2.26. The van der Waals surface area contributed by atoms with E-state index < -0.39 is 0 Å². The maximum absolute atomic E-state index is 11.9. The quantitative estimate of drug-likeness (QED) is 0.628. The molecule has 0 aliphatic rings. The Bertz CT molecular complexity index is 594. The number of carbonyl (C=O) groups excluding carboxylic acids is 1. The van der Waals surface area contributed by atoms with E-state index in [1.54, 1.807) is 17.8 Å². The average molecular weight is 287 g/mol. The molecule has 0 unspecified atom stereocenters. The second-order valence-corrected chi connectivity index (χ2v) is 5.47. The summed E-state index contributed by atoms with van der Waals surface area (Å²) in [7, 11) is 0. The number of hydrogen-bond acceptors (Lipinski definition) is 4. The molecule has 1 aromatic carbocycles. The molecule has 1 heterocycles. The van der Waals surface area contributed by atoms with Crippen molar-refractivity contribution in [3.05, 3.63) is 48.2 Å². The van der Waals surface area contributed by atoms with Crippen molar-refractivity contribution in [2.75, 3.05) is 6.26 Å². The van der Waals surface area contributed by atoms with Gasteiger partial charge in [-0.2, -0.15) is 0 Å². The Labute approximate surface area is 123 Å². The molecule has 1 aromatic heterocycles. The van der Waals surface area contributed by atoms with Crippen molar-refractivity contribution in [3.63, 3.8) is 0 Å². The minimum Gasteiger partial charge on any atom is -0.458 e. The van der Waals surface area contributed by atoms with Gasteiger partial charge in [0.1, 0.15) is 5.69 Å². The molecule has 0 radical (unpaired) electrons. The van der Waals surface area contributed by atoms with Crippen LogP contribution >= 0.6 is 11.8 Å². The molecule has 0 N–H and O–H groups in total. The first kappa shape index (κ1) is 14.6. The van der Waals surface area contributed by atoms with Gasteiger partial charge in [-0.05, 0) is 44.4 Å². The average Bonchev–Trinajstić information content (AvgIpc) is 2.47. The molecular formula is C16H17NO2S. The highest BCUT2D eigenvalue weighted by Gasteiger charge is 2.11. The van der Waals surface area contributed by atoms with Crippen LogP contribution in [0, 0.1) is 0 Å². The van der Waals surface area contributed by atoms with Crippen LogP contribution in [0.1, 0.15) is 24.3 Å². The second kappa shape index (κ2) is 6.57. The summed E-state index contributed by atoms with van der Waals surface area (Å²) in [6, 6.07) is 13.5. The van der Waals surface area contributed by atoms with Gasteiger partial charge in [-0.3, -0.25) is 0 Å². The van der Waals surface area contributed by atoms with Gasteiger partial charge in [0.05, 0.1) is 11.8 Å². The lowest BCUT2D eigenvalue weighted by Crippen LogP contribution is -2.13. The molecule has 0 aliphatic carbocycles. The van der Waals surface area contributed by atoms with Gasteiger partial charge < -0.3 is 4.74 Å². The molecule has 0 aliphatic heterocycles. The van der Waals surface area contributed by atoms with Crippen LogP contribution in [0.25, 0.3) is 11.3 Å². The Morgan fingerprint density at radius 2 is 1.85 bits per heavy atom. The number of aromatic nitrogens is 1. The molecule has 0 fully saturated rings. The largest absolute Gasteiger partial charge is 0.458 e. The summed E-state index contributed by atoms with van der Waals surface area (Å²) in [5, 5.41) is 0. The van der Waals surface area contributed by atoms with Gasteiger partial charge in [-0.1, -0.05) is 18.2 Å². The third-order valence-electron chi connectivity index (χ3n) is 2.69. The summed E-state index contributed by atoms with van der Waals surface area (Å²) in [6.45, 7) is 3.64. The first-order valence-corrected chi connectivity index (χ1v) is 7.65. The lowest BCUT2D eigenvalue weighted by Gasteiger charge is -2.08. The van der Waals surface area contributed by atoms with E-state index in [2.05, 4.69) is 4.98 Å². The van der Waals surface area contributed by atoms with Crippen molar-refractivity contribution < 1.29 is 9.53 Å². The SMILES string of the molecule is CSc1ccc(-c2cccc(C(=O)OC(C)C)n2)cc1. The molecule has 0 atom stereocenters. The zero-order chi connectivity index (χ0) is 14.5. The molecule has 0 amide bonds. The third kappa shape index (κ3) is 3.61. The minimum atomic E-state index is -0.386. The van der Waals surface area contributed by atoms with E-state index in [9.17, 15) is 4.79 Å². The van der Waals surface area contributed by atoms with E-state index in [0.29, 0.717) is 5.69 Å². The lowest BCUT2D eigenvalue weighted by molar-refractivity contribution is 0.0371. The number of rotatable bonds is 4. The molecule has 0 saturated heterocycles. The highest BCUT2D eigenvalue weighted by Crippen LogP contribution is 2.22. The zero-order valence-electron chi connectivity index (χ0n) is 11.8. The summed E-state index contributed by atoms with van der Waals surface area (Å²) < 4.78 is 5.16. The fourth-order valence-electron chi connectivity index (χ4n) is 1.75. The maximum atomic E-state index is 11.9. The van der Waals surface area contributed by atoms with E-state index >= 15 is 0 Å². The van der Waals surface area contributed by atoms with Crippen LogP contribution in [0.15, 0.2) is 47.4 Å². The zero-order valence-corrected chi connectivity index (χ0v) is 12.6. The van der Waals surface area contributed by atoms with Crippen LogP contribution in [0.2, 0.25) is 0 Å². The number of hydrogen-bond donors (Lipinski definition) is 0. The summed E-state index contributed by atoms with van der Waals surface area (Å²) in [6.07, 6.45) is 1.89. The molecule has 3 nitrogen and oxygen atoms in total. The summed E-state index contributed by atoms with van der Waals surface area (Å²) in [5.74, 6) is -0.386. The van der Waals surface area contributed by atoms with Crippen LogP contribution in [0.5, 0.6) is 0 Å². The molecule has 2 rings (SSSR count). The van der Waals surface area contributed by atoms with Crippen LogP contribution in [0.3, 0.4) is 0 Å². The van der Waals surface area contributed by atoms with Crippen LogP contribution < -0.4 is 0 Å². The predicted molar refractivity (Wildman–Crippen MR) is 82.0 cm³/mol. The number of nitrogens with zero attached hydrogens (tertiary/aromatic N) is 1. The summed E-state index contributed by atoms with van der Waals surface area (Å²) >= 11 is 1.69. The fourth-order valence-corrected chi connectivity index (χ4v) is 2.15. The number of carbonyl (C=O) groups is 1. The van der Waals surface area contributed by atoms with E-state index in [1.807, 2.05) is 56.5 Å². The third-order valence-corrected chi connectivity index (χ3v) is 3.43. The van der Waals surface area contributed by atoms with Crippen LogP contribution in [-0.2, 0) is 4.74 Å². The van der Waals surface area contributed by atoms with E-state index in [-0.39, 0.29) is 12.1 Å².